The smallest absolute Gasteiger partial charge is 0.120 e. The summed E-state index contributed by atoms with van der Waals surface area (Å²) in [7, 11) is 0. The van der Waals surface area contributed by atoms with Gasteiger partial charge in [0.2, 0.25) is 0 Å². The molecule has 0 aliphatic rings. The van der Waals surface area contributed by atoms with Gasteiger partial charge in [-0.25, -0.2) is 0 Å². The zero-order valence-corrected chi connectivity index (χ0v) is 10.4. The number of H-pyrrole nitrogens is 1. The Bertz CT molecular complexity index is 677. The van der Waals surface area contributed by atoms with Crippen LogP contribution < -0.4 is 5.32 Å². The minimum Gasteiger partial charge on any atom is -0.508 e. The fraction of sp³-hybridized carbons (Fsp3) is 0.133. The summed E-state index contributed by atoms with van der Waals surface area (Å²) in [6.07, 6.45) is 3.64. The summed E-state index contributed by atoms with van der Waals surface area (Å²) < 4.78 is 0. The highest BCUT2D eigenvalue weighted by molar-refractivity contribution is 5.87. The summed E-state index contributed by atoms with van der Waals surface area (Å²) in [6.45, 7) is 1.34. The molecule has 0 aliphatic heterocycles. The molecule has 19 heavy (non-hydrogen) atoms. The maximum absolute atomic E-state index is 10.0. The predicted octanol–water partition coefficient (Wildman–Crippen LogP) is 2.56. The maximum Gasteiger partial charge on any atom is 0.120 e. The molecule has 4 nitrogen and oxygen atoms in total. The van der Waals surface area contributed by atoms with Crippen LogP contribution in [0.15, 0.2) is 48.8 Å². The zero-order valence-electron chi connectivity index (χ0n) is 10.4. The Kier molecular flexibility index (Phi) is 3.16. The Morgan fingerprint density at radius 3 is 2.84 bits per heavy atom. The zero-order chi connectivity index (χ0) is 13.1. The van der Waals surface area contributed by atoms with Gasteiger partial charge in [-0.15, -0.1) is 0 Å². The number of fused-ring (bicyclic) bond motifs is 1. The number of hydrogen-bond donors (Lipinski definition) is 3. The fourth-order valence-electron chi connectivity index (χ4n) is 2.22. The van der Waals surface area contributed by atoms with Crippen molar-refractivity contribution in [3.05, 3.63) is 59.9 Å². The topological polar surface area (TPSA) is 60.9 Å². The summed E-state index contributed by atoms with van der Waals surface area (Å²) in [6, 6.07) is 11.8. The number of benzene rings is 2. The highest BCUT2D eigenvalue weighted by Crippen LogP contribution is 2.26. The number of phenolic OH excluding ortho intramolecular Hbond substituents is 1. The number of nitrogens with zero attached hydrogens (tertiary/aromatic N) is 1. The number of nitrogens with one attached hydrogen (secondary N) is 2. The number of hydrogen-bond acceptors (Lipinski definition) is 3. The number of rotatable bonds is 4. The molecular weight excluding hydrogens is 238 g/mol. The van der Waals surface area contributed by atoms with Gasteiger partial charge in [0.05, 0.1) is 6.20 Å². The van der Waals surface area contributed by atoms with E-state index in [4.69, 9.17) is 0 Å². The molecule has 4 heteroatoms. The van der Waals surface area contributed by atoms with Crippen LogP contribution in [0.1, 0.15) is 11.1 Å². The molecular formula is C15H15N3O. The van der Waals surface area contributed by atoms with Crippen molar-refractivity contribution in [2.75, 3.05) is 0 Å². The third kappa shape index (κ3) is 2.44. The first-order valence-electron chi connectivity index (χ1n) is 6.22. The largest absolute Gasteiger partial charge is 0.508 e. The Morgan fingerprint density at radius 1 is 1.11 bits per heavy atom. The number of aromatic hydroxyl groups is 1. The Labute approximate surface area is 111 Å². The van der Waals surface area contributed by atoms with Crippen LogP contribution in [0, 0.1) is 0 Å². The lowest BCUT2D eigenvalue weighted by Crippen LogP contribution is -2.12. The predicted molar refractivity (Wildman–Crippen MR) is 74.7 cm³/mol. The SMILES string of the molecule is Oc1ccc2ccccc2c1CNCc1cn[nH]c1. The quantitative estimate of drug-likeness (QED) is 0.669. The minimum atomic E-state index is 0.332. The molecule has 1 heterocycles. The molecule has 3 aromatic rings. The second-order valence-corrected chi connectivity index (χ2v) is 4.49. The van der Waals surface area contributed by atoms with Crippen molar-refractivity contribution in [3.8, 4) is 5.75 Å². The van der Waals surface area contributed by atoms with E-state index in [0.717, 1.165) is 28.4 Å². The van der Waals surface area contributed by atoms with Crippen LogP contribution in [-0.4, -0.2) is 15.3 Å². The van der Waals surface area contributed by atoms with Crippen LogP contribution in [0.5, 0.6) is 5.75 Å². The molecule has 1 aromatic heterocycles. The maximum atomic E-state index is 10.0. The molecule has 0 amide bonds. The van der Waals surface area contributed by atoms with Gasteiger partial charge in [0.25, 0.3) is 0 Å². The highest BCUT2D eigenvalue weighted by atomic mass is 16.3. The van der Waals surface area contributed by atoms with Gasteiger partial charge >= 0.3 is 0 Å². The second kappa shape index (κ2) is 5.12. The van der Waals surface area contributed by atoms with Crippen molar-refractivity contribution >= 4 is 10.8 Å². The number of aromatic nitrogens is 2. The van der Waals surface area contributed by atoms with Gasteiger partial charge in [0, 0.05) is 30.4 Å². The van der Waals surface area contributed by atoms with Crippen molar-refractivity contribution in [3.63, 3.8) is 0 Å². The molecule has 96 valence electrons. The van der Waals surface area contributed by atoms with E-state index >= 15 is 0 Å². The molecule has 0 saturated heterocycles. The normalized spacial score (nSPS) is 10.9. The first-order valence-corrected chi connectivity index (χ1v) is 6.22. The summed E-state index contributed by atoms with van der Waals surface area (Å²) >= 11 is 0. The van der Waals surface area contributed by atoms with E-state index in [0.29, 0.717) is 12.3 Å². The standard InChI is InChI=1S/C15H15N3O/c19-15-6-5-12-3-1-2-4-13(12)14(15)10-16-7-11-8-17-18-9-11/h1-6,8-9,16,19H,7,10H2,(H,17,18). The van der Waals surface area contributed by atoms with Crippen molar-refractivity contribution in [2.45, 2.75) is 13.1 Å². The monoisotopic (exact) mass is 253 g/mol. The highest BCUT2D eigenvalue weighted by Gasteiger charge is 2.06. The molecule has 0 saturated carbocycles. The van der Waals surface area contributed by atoms with Gasteiger partial charge in [0.1, 0.15) is 5.75 Å². The van der Waals surface area contributed by atoms with E-state index in [1.165, 1.54) is 0 Å². The number of aromatic amines is 1. The molecule has 2 aromatic carbocycles. The van der Waals surface area contributed by atoms with E-state index in [1.54, 1.807) is 12.3 Å². The molecule has 0 aliphatic carbocycles. The Hall–Kier alpha value is -2.33. The molecule has 0 atom stereocenters. The average molecular weight is 253 g/mol. The Morgan fingerprint density at radius 2 is 2.00 bits per heavy atom. The van der Waals surface area contributed by atoms with Crippen molar-refractivity contribution in [2.24, 2.45) is 0 Å². The summed E-state index contributed by atoms with van der Waals surface area (Å²) in [4.78, 5) is 0. The fourth-order valence-corrected chi connectivity index (χ4v) is 2.22. The third-order valence-corrected chi connectivity index (χ3v) is 3.20. The molecule has 0 fully saturated rings. The van der Waals surface area contributed by atoms with E-state index in [9.17, 15) is 5.11 Å². The van der Waals surface area contributed by atoms with Gasteiger partial charge in [-0.05, 0) is 16.8 Å². The van der Waals surface area contributed by atoms with Gasteiger partial charge in [0.15, 0.2) is 0 Å². The molecule has 0 radical (unpaired) electrons. The molecule has 0 unspecified atom stereocenters. The number of phenols is 1. The lowest BCUT2D eigenvalue weighted by Gasteiger charge is -2.10. The van der Waals surface area contributed by atoms with E-state index in [1.807, 2.05) is 36.5 Å². The molecule has 0 bridgehead atoms. The van der Waals surface area contributed by atoms with Gasteiger partial charge in [-0.1, -0.05) is 30.3 Å². The lowest BCUT2D eigenvalue weighted by atomic mass is 10.0. The minimum absolute atomic E-state index is 0.332. The second-order valence-electron chi connectivity index (χ2n) is 4.49. The van der Waals surface area contributed by atoms with E-state index < -0.39 is 0 Å². The van der Waals surface area contributed by atoms with E-state index in [2.05, 4.69) is 15.5 Å². The van der Waals surface area contributed by atoms with Gasteiger partial charge < -0.3 is 10.4 Å². The van der Waals surface area contributed by atoms with Crippen LogP contribution >= 0.6 is 0 Å². The van der Waals surface area contributed by atoms with Crippen LogP contribution in [0.3, 0.4) is 0 Å². The Balaban J connectivity index is 1.81. The first kappa shape index (κ1) is 11.7. The summed E-state index contributed by atoms with van der Waals surface area (Å²) in [5.74, 6) is 0.332. The molecule has 3 rings (SSSR count). The van der Waals surface area contributed by atoms with Crippen molar-refractivity contribution in [1.29, 1.82) is 0 Å². The van der Waals surface area contributed by atoms with Crippen LogP contribution in [0.25, 0.3) is 10.8 Å². The van der Waals surface area contributed by atoms with Crippen molar-refractivity contribution in [1.82, 2.24) is 15.5 Å². The van der Waals surface area contributed by atoms with Gasteiger partial charge in [-0.2, -0.15) is 5.10 Å². The molecule has 0 spiro atoms. The molecule has 3 N–H and O–H groups in total. The first-order chi connectivity index (χ1) is 9.34. The summed E-state index contributed by atoms with van der Waals surface area (Å²) in [5.41, 5.74) is 2.03. The average Bonchev–Trinajstić information content (AvgIpc) is 2.94. The van der Waals surface area contributed by atoms with Crippen LogP contribution in [0.2, 0.25) is 0 Å². The van der Waals surface area contributed by atoms with Crippen molar-refractivity contribution < 1.29 is 5.11 Å². The summed E-state index contributed by atoms with van der Waals surface area (Å²) in [5, 5.41) is 22.2. The van der Waals surface area contributed by atoms with Crippen LogP contribution in [-0.2, 0) is 13.1 Å². The third-order valence-electron chi connectivity index (χ3n) is 3.20. The van der Waals surface area contributed by atoms with E-state index in [-0.39, 0.29) is 0 Å². The van der Waals surface area contributed by atoms with Crippen LogP contribution in [0.4, 0.5) is 0 Å². The lowest BCUT2D eigenvalue weighted by molar-refractivity contribution is 0.466. The van der Waals surface area contributed by atoms with Gasteiger partial charge in [-0.3, -0.25) is 5.10 Å².